The first-order chi connectivity index (χ1) is 9.65. The van der Waals surface area contributed by atoms with Crippen LogP contribution in [-0.4, -0.2) is 41.8 Å². The summed E-state index contributed by atoms with van der Waals surface area (Å²) in [6.07, 6.45) is 1.81. The maximum atomic E-state index is 11.5. The number of thiazole rings is 1. The molecule has 0 aliphatic carbocycles. The molecule has 0 radical (unpaired) electrons. The van der Waals surface area contributed by atoms with Gasteiger partial charge in [0.25, 0.3) is 0 Å². The minimum Gasteiger partial charge on any atom is -0.481 e. The van der Waals surface area contributed by atoms with Gasteiger partial charge in [-0.15, -0.1) is 11.3 Å². The quantitative estimate of drug-likeness (QED) is 0.767. The standard InChI is InChI=1S/C12H17N3O4S/c16-10(17)1-4-13-11(18)15-12-14-9(7-20-12)8-2-5-19-6-3-8/h7-8H,1-6H2,(H,16,17)(H2,13,14,15,18). The molecule has 1 saturated heterocycles. The van der Waals surface area contributed by atoms with Crippen molar-refractivity contribution in [2.75, 3.05) is 25.1 Å². The Morgan fingerprint density at radius 1 is 1.45 bits per heavy atom. The van der Waals surface area contributed by atoms with Gasteiger partial charge in [0.1, 0.15) is 0 Å². The van der Waals surface area contributed by atoms with Gasteiger partial charge in [-0.2, -0.15) is 0 Å². The fraction of sp³-hybridized carbons (Fsp3) is 0.583. The van der Waals surface area contributed by atoms with Crippen LogP contribution in [0.1, 0.15) is 30.9 Å². The van der Waals surface area contributed by atoms with Crippen molar-refractivity contribution in [2.45, 2.75) is 25.2 Å². The number of nitrogens with one attached hydrogen (secondary N) is 2. The summed E-state index contributed by atoms with van der Waals surface area (Å²) < 4.78 is 5.30. The second-order valence-corrected chi connectivity index (χ2v) is 5.35. The Bertz CT molecular complexity index is 471. The summed E-state index contributed by atoms with van der Waals surface area (Å²) in [6, 6.07) is -0.431. The molecule has 0 unspecified atom stereocenters. The van der Waals surface area contributed by atoms with Crippen molar-refractivity contribution >= 4 is 28.5 Å². The molecule has 2 amide bonds. The third-order valence-corrected chi connectivity index (χ3v) is 3.78. The molecule has 0 atom stereocenters. The predicted octanol–water partition coefficient (Wildman–Crippen LogP) is 1.63. The van der Waals surface area contributed by atoms with E-state index in [1.54, 1.807) is 0 Å². The highest BCUT2D eigenvalue weighted by molar-refractivity contribution is 7.13. The molecule has 1 aliphatic heterocycles. The molecule has 1 aromatic rings. The van der Waals surface area contributed by atoms with Crippen LogP contribution in [0.5, 0.6) is 0 Å². The van der Waals surface area contributed by atoms with Crippen molar-refractivity contribution in [3.8, 4) is 0 Å². The first kappa shape index (κ1) is 14.7. The van der Waals surface area contributed by atoms with Gasteiger partial charge in [-0.1, -0.05) is 0 Å². The number of aromatic nitrogens is 1. The van der Waals surface area contributed by atoms with E-state index in [9.17, 15) is 9.59 Å². The zero-order chi connectivity index (χ0) is 14.4. The van der Waals surface area contributed by atoms with Gasteiger partial charge in [0.2, 0.25) is 0 Å². The molecule has 3 N–H and O–H groups in total. The van der Waals surface area contributed by atoms with Gasteiger partial charge in [-0.3, -0.25) is 10.1 Å². The largest absolute Gasteiger partial charge is 0.481 e. The monoisotopic (exact) mass is 299 g/mol. The van der Waals surface area contributed by atoms with Crippen LogP contribution in [0.2, 0.25) is 0 Å². The van der Waals surface area contributed by atoms with E-state index >= 15 is 0 Å². The molecule has 0 aromatic carbocycles. The van der Waals surface area contributed by atoms with Crippen molar-refractivity contribution in [3.63, 3.8) is 0 Å². The van der Waals surface area contributed by atoms with Crippen LogP contribution >= 0.6 is 11.3 Å². The van der Waals surface area contributed by atoms with Gasteiger partial charge >= 0.3 is 12.0 Å². The SMILES string of the molecule is O=C(O)CCNC(=O)Nc1nc(C2CCOCC2)cs1. The second kappa shape index (κ2) is 7.20. The number of carbonyl (C=O) groups is 2. The molecule has 0 bridgehead atoms. The fourth-order valence-corrected chi connectivity index (χ4v) is 2.74. The number of amides is 2. The van der Waals surface area contributed by atoms with E-state index in [1.807, 2.05) is 5.38 Å². The smallest absolute Gasteiger partial charge is 0.321 e. The summed E-state index contributed by atoms with van der Waals surface area (Å²) in [7, 11) is 0. The van der Waals surface area contributed by atoms with E-state index in [-0.39, 0.29) is 13.0 Å². The van der Waals surface area contributed by atoms with Crippen LogP contribution < -0.4 is 10.6 Å². The summed E-state index contributed by atoms with van der Waals surface area (Å²) in [5, 5.41) is 16.0. The van der Waals surface area contributed by atoms with E-state index in [2.05, 4.69) is 15.6 Å². The zero-order valence-electron chi connectivity index (χ0n) is 10.9. The van der Waals surface area contributed by atoms with Crippen molar-refractivity contribution in [1.29, 1.82) is 0 Å². The van der Waals surface area contributed by atoms with Crippen LogP contribution in [0.4, 0.5) is 9.93 Å². The third-order valence-electron chi connectivity index (χ3n) is 3.01. The topological polar surface area (TPSA) is 101 Å². The Balaban J connectivity index is 1.79. The molecular formula is C12H17N3O4S. The molecule has 0 spiro atoms. The molecule has 0 saturated carbocycles. The number of nitrogens with zero attached hydrogens (tertiary/aromatic N) is 1. The van der Waals surface area contributed by atoms with E-state index < -0.39 is 12.0 Å². The van der Waals surface area contributed by atoms with E-state index in [1.165, 1.54) is 11.3 Å². The number of carbonyl (C=O) groups excluding carboxylic acids is 1. The summed E-state index contributed by atoms with van der Waals surface area (Å²) in [6.45, 7) is 1.60. The summed E-state index contributed by atoms with van der Waals surface area (Å²) in [4.78, 5) is 26.2. The van der Waals surface area contributed by atoms with E-state index in [4.69, 9.17) is 9.84 Å². The van der Waals surface area contributed by atoms with Crippen LogP contribution in [0.25, 0.3) is 0 Å². The number of aliphatic carboxylic acids is 1. The number of carboxylic acid groups (broad SMARTS) is 1. The van der Waals surface area contributed by atoms with Crippen LogP contribution in [0.15, 0.2) is 5.38 Å². The first-order valence-electron chi connectivity index (χ1n) is 6.45. The Kier molecular flexibility index (Phi) is 5.31. The molecule has 20 heavy (non-hydrogen) atoms. The van der Waals surface area contributed by atoms with Crippen molar-refractivity contribution < 1.29 is 19.4 Å². The van der Waals surface area contributed by atoms with Crippen molar-refractivity contribution in [2.24, 2.45) is 0 Å². The maximum absolute atomic E-state index is 11.5. The molecule has 7 nitrogen and oxygen atoms in total. The lowest BCUT2D eigenvalue weighted by Gasteiger charge is -2.19. The zero-order valence-corrected chi connectivity index (χ0v) is 11.7. The number of carboxylic acids is 1. The highest BCUT2D eigenvalue weighted by Crippen LogP contribution is 2.29. The minimum absolute atomic E-state index is 0.0966. The number of urea groups is 1. The van der Waals surface area contributed by atoms with Crippen LogP contribution in [0.3, 0.4) is 0 Å². The minimum atomic E-state index is -0.943. The van der Waals surface area contributed by atoms with Gasteiger partial charge in [-0.25, -0.2) is 9.78 Å². The number of hydrogen-bond acceptors (Lipinski definition) is 5. The molecule has 1 aliphatic rings. The first-order valence-corrected chi connectivity index (χ1v) is 7.33. The number of anilines is 1. The molecule has 110 valence electrons. The lowest BCUT2D eigenvalue weighted by atomic mass is 9.98. The Labute approximate surface area is 120 Å². The van der Waals surface area contributed by atoms with Crippen LogP contribution in [0, 0.1) is 0 Å². The van der Waals surface area contributed by atoms with Gasteiger partial charge in [0.05, 0.1) is 12.1 Å². The van der Waals surface area contributed by atoms with Crippen LogP contribution in [-0.2, 0) is 9.53 Å². The van der Waals surface area contributed by atoms with Crippen molar-refractivity contribution in [1.82, 2.24) is 10.3 Å². The highest BCUT2D eigenvalue weighted by Gasteiger charge is 2.19. The number of ether oxygens (including phenoxy) is 1. The summed E-state index contributed by atoms with van der Waals surface area (Å²) >= 11 is 1.37. The Morgan fingerprint density at radius 3 is 2.90 bits per heavy atom. The Hall–Kier alpha value is -1.67. The lowest BCUT2D eigenvalue weighted by molar-refractivity contribution is -0.136. The van der Waals surface area contributed by atoms with Gasteiger partial charge in [0.15, 0.2) is 5.13 Å². The molecular weight excluding hydrogens is 282 g/mol. The van der Waals surface area contributed by atoms with Gasteiger partial charge in [0, 0.05) is 31.1 Å². The maximum Gasteiger partial charge on any atom is 0.321 e. The third kappa shape index (κ3) is 4.46. The molecule has 2 rings (SSSR count). The molecule has 8 heteroatoms. The normalized spacial score (nSPS) is 15.8. The number of hydrogen-bond donors (Lipinski definition) is 3. The second-order valence-electron chi connectivity index (χ2n) is 4.49. The van der Waals surface area contributed by atoms with Gasteiger partial charge in [-0.05, 0) is 12.8 Å². The predicted molar refractivity (Wildman–Crippen MR) is 74.2 cm³/mol. The summed E-state index contributed by atoms with van der Waals surface area (Å²) in [5.41, 5.74) is 0.985. The lowest BCUT2D eigenvalue weighted by Crippen LogP contribution is -2.30. The average molecular weight is 299 g/mol. The molecule has 1 aromatic heterocycles. The van der Waals surface area contributed by atoms with Gasteiger partial charge < -0.3 is 15.2 Å². The Morgan fingerprint density at radius 2 is 2.20 bits per heavy atom. The number of rotatable bonds is 5. The fourth-order valence-electron chi connectivity index (χ4n) is 1.95. The summed E-state index contributed by atoms with van der Waals surface area (Å²) in [5.74, 6) is -0.549. The van der Waals surface area contributed by atoms with E-state index in [0.717, 1.165) is 31.7 Å². The average Bonchev–Trinajstić information content (AvgIpc) is 2.88. The highest BCUT2D eigenvalue weighted by atomic mass is 32.1. The molecule has 1 fully saturated rings. The van der Waals surface area contributed by atoms with Crippen molar-refractivity contribution in [3.05, 3.63) is 11.1 Å². The van der Waals surface area contributed by atoms with E-state index in [0.29, 0.717) is 11.0 Å². The molecule has 2 heterocycles.